The Bertz CT molecular complexity index is 1080. The SMILES string of the molecule is C[C@H](CCCN(C)Cc1ccccc1)[C@H]1CC[C@H]2C3C(OCCCN)CC4C[C@H](OCCCN)CC[C@]4(C)[C@H]3C[C@H](OCCCN)[C@]12C. The lowest BCUT2D eigenvalue weighted by molar-refractivity contribution is -0.227. The van der Waals surface area contributed by atoms with E-state index in [-0.39, 0.29) is 11.5 Å². The number of nitrogens with zero attached hydrogens (tertiary/aromatic N) is 1. The van der Waals surface area contributed by atoms with Crippen molar-refractivity contribution in [3.63, 3.8) is 0 Å². The average Bonchev–Trinajstić information content (AvgIpc) is 3.44. The van der Waals surface area contributed by atoms with Crippen molar-refractivity contribution in [2.24, 2.45) is 63.5 Å². The number of hydrogen-bond donors (Lipinski definition) is 3. The van der Waals surface area contributed by atoms with E-state index in [9.17, 15) is 0 Å². The summed E-state index contributed by atoms with van der Waals surface area (Å²) >= 11 is 0. The first-order chi connectivity index (χ1) is 23.3. The highest BCUT2D eigenvalue weighted by molar-refractivity contribution is 5.16. The summed E-state index contributed by atoms with van der Waals surface area (Å²) in [7, 11) is 2.27. The second kappa shape index (κ2) is 17.9. The minimum absolute atomic E-state index is 0.159. The van der Waals surface area contributed by atoms with Gasteiger partial charge in [0.25, 0.3) is 0 Å². The monoisotopic (exact) mass is 669 g/mol. The maximum atomic E-state index is 7.04. The quantitative estimate of drug-likeness (QED) is 0.142. The summed E-state index contributed by atoms with van der Waals surface area (Å²) in [4.78, 5) is 2.49. The normalized spacial score (nSPS) is 36.8. The van der Waals surface area contributed by atoms with Crippen LogP contribution in [0.5, 0.6) is 0 Å². The Kier molecular flexibility index (Phi) is 14.3. The van der Waals surface area contributed by atoms with Crippen molar-refractivity contribution < 1.29 is 14.2 Å². The maximum absolute atomic E-state index is 7.04. The van der Waals surface area contributed by atoms with Crippen LogP contribution < -0.4 is 17.2 Å². The van der Waals surface area contributed by atoms with Crippen LogP contribution in [-0.2, 0) is 20.8 Å². The zero-order valence-corrected chi connectivity index (χ0v) is 31.1. The Morgan fingerprint density at radius 3 is 2.21 bits per heavy atom. The number of rotatable bonds is 19. The lowest BCUT2D eigenvalue weighted by Gasteiger charge is -2.65. The van der Waals surface area contributed by atoms with Gasteiger partial charge in [-0.2, -0.15) is 0 Å². The van der Waals surface area contributed by atoms with Crippen LogP contribution in [0.1, 0.15) is 103 Å². The van der Waals surface area contributed by atoms with Gasteiger partial charge in [0.1, 0.15) is 0 Å². The van der Waals surface area contributed by atoms with Gasteiger partial charge in [-0.05, 0) is 157 Å². The number of hydrogen-bond acceptors (Lipinski definition) is 7. The summed E-state index contributed by atoms with van der Waals surface area (Å²) in [5, 5.41) is 0. The Balaban J connectivity index is 1.34. The Hall–Kier alpha value is -1.06. The van der Waals surface area contributed by atoms with E-state index in [0.717, 1.165) is 71.4 Å². The van der Waals surface area contributed by atoms with Crippen molar-refractivity contribution in [3.8, 4) is 0 Å². The number of benzene rings is 1. The zero-order valence-electron chi connectivity index (χ0n) is 31.1. The van der Waals surface area contributed by atoms with Crippen LogP contribution in [0.15, 0.2) is 30.3 Å². The van der Waals surface area contributed by atoms with Crippen molar-refractivity contribution in [3.05, 3.63) is 35.9 Å². The molecule has 48 heavy (non-hydrogen) atoms. The lowest BCUT2D eigenvalue weighted by atomic mass is 9.43. The second-order valence-electron chi connectivity index (χ2n) is 16.8. The van der Waals surface area contributed by atoms with Gasteiger partial charge in [-0.15, -0.1) is 0 Å². The minimum Gasteiger partial charge on any atom is -0.378 e. The highest BCUT2D eigenvalue weighted by Gasteiger charge is 2.66. The molecule has 1 aromatic carbocycles. The van der Waals surface area contributed by atoms with Gasteiger partial charge >= 0.3 is 0 Å². The number of nitrogens with two attached hydrogens (primary N) is 3. The van der Waals surface area contributed by atoms with Crippen molar-refractivity contribution >= 4 is 0 Å². The van der Waals surface area contributed by atoms with Gasteiger partial charge in [0.15, 0.2) is 0 Å². The summed E-state index contributed by atoms with van der Waals surface area (Å²) in [5.74, 6) is 3.81. The molecular weight excluding hydrogens is 596 g/mol. The van der Waals surface area contributed by atoms with Crippen LogP contribution in [0, 0.1) is 46.3 Å². The van der Waals surface area contributed by atoms with E-state index in [4.69, 9.17) is 31.4 Å². The van der Waals surface area contributed by atoms with Crippen LogP contribution >= 0.6 is 0 Å². The third-order valence-corrected chi connectivity index (χ3v) is 14.0. The van der Waals surface area contributed by atoms with Crippen molar-refractivity contribution in [1.29, 1.82) is 0 Å². The van der Waals surface area contributed by atoms with Gasteiger partial charge in [0.2, 0.25) is 0 Å². The minimum atomic E-state index is 0.159. The van der Waals surface area contributed by atoms with Crippen molar-refractivity contribution in [2.75, 3.05) is 53.0 Å². The molecule has 11 atom stereocenters. The van der Waals surface area contributed by atoms with E-state index < -0.39 is 0 Å². The molecule has 0 aromatic heterocycles. The Morgan fingerprint density at radius 1 is 0.812 bits per heavy atom. The second-order valence-corrected chi connectivity index (χ2v) is 16.8. The topological polar surface area (TPSA) is 109 Å². The molecule has 6 N–H and O–H groups in total. The molecular formula is C41H72N4O3. The first-order valence-corrected chi connectivity index (χ1v) is 19.9. The average molecular weight is 669 g/mol. The van der Waals surface area contributed by atoms with Crippen molar-refractivity contribution in [2.45, 2.75) is 123 Å². The first-order valence-electron chi connectivity index (χ1n) is 19.9. The molecule has 0 amide bonds. The van der Waals surface area contributed by atoms with Crippen molar-refractivity contribution in [1.82, 2.24) is 4.90 Å². The van der Waals surface area contributed by atoms with E-state index in [2.05, 4.69) is 63.1 Å². The van der Waals surface area contributed by atoms with E-state index in [1.54, 1.807) is 0 Å². The fourth-order valence-electron chi connectivity index (χ4n) is 11.5. The third kappa shape index (κ3) is 8.52. The highest BCUT2D eigenvalue weighted by Crippen LogP contribution is 2.69. The summed E-state index contributed by atoms with van der Waals surface area (Å²) in [5.41, 5.74) is 19.6. The molecule has 0 heterocycles. The molecule has 7 nitrogen and oxygen atoms in total. The molecule has 7 heteroatoms. The zero-order chi connectivity index (χ0) is 34.1. The molecule has 1 aromatic rings. The summed E-state index contributed by atoms with van der Waals surface area (Å²) in [6.07, 6.45) is 14.8. The van der Waals surface area contributed by atoms with Gasteiger partial charge in [-0.25, -0.2) is 0 Å². The summed E-state index contributed by atoms with van der Waals surface area (Å²) in [6.45, 7) is 14.4. The van der Waals surface area contributed by atoms with Crippen LogP contribution in [-0.4, -0.2) is 76.3 Å². The highest BCUT2D eigenvalue weighted by atomic mass is 16.5. The standard InChI is InChI=1S/C41H72N4O3/c1-30(12-8-22-45(4)29-31-13-6-5-7-14-31)34-15-16-35-39-36(28-38(41(34,35)3)48-25-11-21-44)40(2)18-17-33(46-23-9-19-42)26-32(40)27-37(39)47-24-10-20-43/h5-7,13-14,30,32-39H,8-12,15-29,42-44H2,1-4H3/t30-,32?,33-,34-,35+,36+,37?,38+,39?,40+,41-/m1/s1. The molecule has 0 radical (unpaired) electrons. The predicted octanol–water partition coefficient (Wildman–Crippen LogP) is 6.62. The predicted molar refractivity (Wildman–Crippen MR) is 197 cm³/mol. The molecule has 4 fully saturated rings. The maximum Gasteiger partial charge on any atom is 0.0637 e. The molecule has 0 bridgehead atoms. The molecule has 0 aliphatic heterocycles. The van der Waals surface area contributed by atoms with Gasteiger partial charge < -0.3 is 36.3 Å². The van der Waals surface area contributed by atoms with Gasteiger partial charge in [0, 0.05) is 31.8 Å². The lowest BCUT2D eigenvalue weighted by Crippen LogP contribution is -2.63. The van der Waals surface area contributed by atoms with Crippen LogP contribution in [0.4, 0.5) is 0 Å². The van der Waals surface area contributed by atoms with Gasteiger partial charge in [0.05, 0.1) is 18.3 Å². The molecule has 0 saturated heterocycles. The molecule has 274 valence electrons. The fourth-order valence-corrected chi connectivity index (χ4v) is 11.5. The summed E-state index contributed by atoms with van der Waals surface area (Å²) in [6, 6.07) is 10.9. The Morgan fingerprint density at radius 2 is 1.50 bits per heavy atom. The molecule has 0 spiro atoms. The smallest absolute Gasteiger partial charge is 0.0637 e. The van der Waals surface area contributed by atoms with Crippen LogP contribution in [0.3, 0.4) is 0 Å². The molecule has 3 unspecified atom stereocenters. The third-order valence-electron chi connectivity index (χ3n) is 14.0. The number of fused-ring (bicyclic) bond motifs is 5. The molecule has 5 rings (SSSR count). The Labute approximate surface area is 293 Å². The molecule has 4 aliphatic rings. The van der Waals surface area contributed by atoms with E-state index in [0.29, 0.717) is 72.8 Å². The largest absolute Gasteiger partial charge is 0.378 e. The first kappa shape index (κ1) is 38.2. The molecule has 4 saturated carbocycles. The number of ether oxygens (including phenoxy) is 3. The summed E-state index contributed by atoms with van der Waals surface area (Å²) < 4.78 is 20.4. The van der Waals surface area contributed by atoms with Crippen LogP contribution in [0.25, 0.3) is 0 Å². The van der Waals surface area contributed by atoms with Crippen LogP contribution in [0.2, 0.25) is 0 Å². The van der Waals surface area contributed by atoms with Gasteiger partial charge in [-0.3, -0.25) is 0 Å². The van der Waals surface area contributed by atoms with Gasteiger partial charge in [-0.1, -0.05) is 51.1 Å². The van der Waals surface area contributed by atoms with E-state index in [1.165, 1.54) is 44.1 Å². The molecule has 4 aliphatic carbocycles. The van der Waals surface area contributed by atoms with E-state index >= 15 is 0 Å². The fraction of sp³-hybridized carbons (Fsp3) is 0.854. The van der Waals surface area contributed by atoms with E-state index in [1.807, 2.05) is 0 Å².